The Labute approximate surface area is 130 Å². The molecular weight excluding hydrogens is 278 g/mol. The monoisotopic (exact) mass is 299 g/mol. The summed E-state index contributed by atoms with van der Waals surface area (Å²) in [4.78, 5) is 18.7. The van der Waals surface area contributed by atoms with Gasteiger partial charge in [-0.15, -0.1) is 0 Å². The van der Waals surface area contributed by atoms with Gasteiger partial charge in [-0.3, -0.25) is 4.79 Å². The average Bonchev–Trinajstić information content (AvgIpc) is 3.14. The van der Waals surface area contributed by atoms with Crippen molar-refractivity contribution in [1.82, 2.24) is 10.1 Å². The number of rotatable bonds is 5. The lowest BCUT2D eigenvalue weighted by molar-refractivity contribution is -0.117. The molecule has 1 aliphatic heterocycles. The number of carbonyl (C=O) groups excluding carboxylic acids is 1. The molecule has 1 fully saturated rings. The van der Waals surface area contributed by atoms with Crippen molar-refractivity contribution < 1.29 is 9.32 Å². The molecule has 2 aromatic rings. The molecule has 1 saturated heterocycles. The van der Waals surface area contributed by atoms with E-state index in [0.717, 1.165) is 30.8 Å². The summed E-state index contributed by atoms with van der Waals surface area (Å²) in [6.07, 6.45) is 3.14. The normalized spacial score (nSPS) is 18.2. The van der Waals surface area contributed by atoms with Crippen LogP contribution in [0.3, 0.4) is 0 Å². The number of anilines is 1. The number of hydrogen-bond donors (Lipinski definition) is 0. The summed E-state index contributed by atoms with van der Waals surface area (Å²) in [7, 11) is 0. The Hall–Kier alpha value is -2.17. The summed E-state index contributed by atoms with van der Waals surface area (Å²) in [5, 5.41) is 3.99. The molecule has 0 radical (unpaired) electrons. The molecule has 0 bridgehead atoms. The van der Waals surface area contributed by atoms with Crippen molar-refractivity contribution in [2.24, 2.45) is 0 Å². The van der Waals surface area contributed by atoms with E-state index in [1.807, 2.05) is 23.1 Å². The number of benzene rings is 1. The maximum Gasteiger partial charge on any atom is 0.232 e. The predicted octanol–water partition coefficient (Wildman–Crippen LogP) is 3.11. The number of carbonyl (C=O) groups is 1. The summed E-state index contributed by atoms with van der Waals surface area (Å²) >= 11 is 0. The average molecular weight is 299 g/mol. The molecule has 3 rings (SSSR count). The van der Waals surface area contributed by atoms with E-state index in [0.29, 0.717) is 18.9 Å². The van der Waals surface area contributed by atoms with Gasteiger partial charge in [0.1, 0.15) is 0 Å². The highest BCUT2D eigenvalue weighted by atomic mass is 16.5. The molecular formula is C17H21N3O2. The standard InChI is InChI=1S/C17H21N3O2/c1-3-7-15-18-17(22-19-15)13-10-16(21)20(11-13)14-9-6-5-8-12(14)4-2/h5-6,8-9,13H,3-4,7,10-11H2,1-2H3. The van der Waals surface area contributed by atoms with E-state index in [1.54, 1.807) is 0 Å². The van der Waals surface area contributed by atoms with Crippen LogP contribution in [-0.4, -0.2) is 22.6 Å². The number of amides is 1. The van der Waals surface area contributed by atoms with Crippen molar-refractivity contribution in [1.29, 1.82) is 0 Å². The molecule has 0 aliphatic carbocycles. The van der Waals surface area contributed by atoms with Crippen LogP contribution in [0.1, 0.15) is 49.9 Å². The molecule has 2 heterocycles. The van der Waals surface area contributed by atoms with Crippen LogP contribution in [0.25, 0.3) is 0 Å². The van der Waals surface area contributed by atoms with E-state index < -0.39 is 0 Å². The third-order valence-corrected chi connectivity index (χ3v) is 4.09. The van der Waals surface area contributed by atoms with Crippen molar-refractivity contribution in [3.63, 3.8) is 0 Å². The Morgan fingerprint density at radius 2 is 2.14 bits per heavy atom. The van der Waals surface area contributed by atoms with E-state index >= 15 is 0 Å². The molecule has 5 heteroatoms. The molecule has 0 N–H and O–H groups in total. The maximum absolute atomic E-state index is 12.4. The fourth-order valence-electron chi connectivity index (χ4n) is 2.94. The van der Waals surface area contributed by atoms with Crippen LogP contribution in [0.2, 0.25) is 0 Å². The molecule has 5 nitrogen and oxygen atoms in total. The molecule has 0 saturated carbocycles. The van der Waals surface area contributed by atoms with Crippen molar-refractivity contribution >= 4 is 11.6 Å². The van der Waals surface area contributed by atoms with Crippen LogP contribution in [0.15, 0.2) is 28.8 Å². The smallest absolute Gasteiger partial charge is 0.232 e. The summed E-state index contributed by atoms with van der Waals surface area (Å²) in [6.45, 7) is 4.80. The quantitative estimate of drug-likeness (QED) is 0.851. The van der Waals surface area contributed by atoms with Crippen LogP contribution in [0.4, 0.5) is 5.69 Å². The van der Waals surface area contributed by atoms with Gasteiger partial charge in [0.15, 0.2) is 5.82 Å². The number of para-hydroxylation sites is 1. The van der Waals surface area contributed by atoms with Crippen LogP contribution < -0.4 is 4.90 Å². The van der Waals surface area contributed by atoms with Crippen molar-refractivity contribution in [2.45, 2.75) is 45.4 Å². The first-order chi connectivity index (χ1) is 10.7. The van der Waals surface area contributed by atoms with E-state index in [1.165, 1.54) is 5.56 Å². The van der Waals surface area contributed by atoms with Gasteiger partial charge >= 0.3 is 0 Å². The maximum atomic E-state index is 12.4. The van der Waals surface area contributed by atoms with E-state index in [9.17, 15) is 4.79 Å². The first-order valence-electron chi connectivity index (χ1n) is 7.93. The van der Waals surface area contributed by atoms with Crippen LogP contribution >= 0.6 is 0 Å². The minimum Gasteiger partial charge on any atom is -0.339 e. The Morgan fingerprint density at radius 3 is 2.91 bits per heavy atom. The molecule has 1 amide bonds. The van der Waals surface area contributed by atoms with Gasteiger partial charge in [-0.05, 0) is 24.5 Å². The first kappa shape index (κ1) is 14.8. The van der Waals surface area contributed by atoms with Crippen molar-refractivity contribution in [3.8, 4) is 0 Å². The largest absolute Gasteiger partial charge is 0.339 e. The lowest BCUT2D eigenvalue weighted by Crippen LogP contribution is -2.25. The second-order valence-corrected chi connectivity index (χ2v) is 5.69. The number of aromatic nitrogens is 2. The van der Waals surface area contributed by atoms with Crippen LogP contribution in [0.5, 0.6) is 0 Å². The Kier molecular flexibility index (Phi) is 4.22. The molecule has 1 atom stereocenters. The Balaban J connectivity index is 1.80. The van der Waals surface area contributed by atoms with Crippen LogP contribution in [0, 0.1) is 0 Å². The van der Waals surface area contributed by atoms with E-state index in [4.69, 9.17) is 4.52 Å². The lowest BCUT2D eigenvalue weighted by atomic mass is 10.1. The van der Waals surface area contributed by atoms with Gasteiger partial charge in [0.25, 0.3) is 0 Å². The molecule has 1 aromatic heterocycles. The van der Waals surface area contributed by atoms with Gasteiger partial charge < -0.3 is 9.42 Å². The third kappa shape index (κ3) is 2.75. The third-order valence-electron chi connectivity index (χ3n) is 4.09. The Morgan fingerprint density at radius 1 is 1.32 bits per heavy atom. The molecule has 1 aromatic carbocycles. The first-order valence-corrected chi connectivity index (χ1v) is 7.93. The fraction of sp³-hybridized carbons (Fsp3) is 0.471. The minimum atomic E-state index is -0.00415. The summed E-state index contributed by atoms with van der Waals surface area (Å²) in [6, 6.07) is 8.06. The number of nitrogens with zero attached hydrogens (tertiary/aromatic N) is 3. The second-order valence-electron chi connectivity index (χ2n) is 5.69. The van der Waals surface area contributed by atoms with Gasteiger partial charge in [0, 0.05) is 25.1 Å². The number of aryl methyl sites for hydroxylation is 2. The summed E-state index contributed by atoms with van der Waals surface area (Å²) in [5.41, 5.74) is 2.19. The number of hydrogen-bond acceptors (Lipinski definition) is 4. The highest BCUT2D eigenvalue weighted by Crippen LogP contribution is 2.32. The molecule has 1 aliphatic rings. The van der Waals surface area contributed by atoms with E-state index in [-0.39, 0.29) is 11.8 Å². The zero-order valence-corrected chi connectivity index (χ0v) is 13.1. The molecule has 0 spiro atoms. The fourth-order valence-corrected chi connectivity index (χ4v) is 2.94. The van der Waals surface area contributed by atoms with Crippen LogP contribution in [-0.2, 0) is 17.6 Å². The molecule has 1 unspecified atom stereocenters. The minimum absolute atomic E-state index is 0.00415. The lowest BCUT2D eigenvalue weighted by Gasteiger charge is -2.19. The second kappa shape index (κ2) is 6.30. The Bertz CT molecular complexity index is 665. The zero-order chi connectivity index (χ0) is 15.5. The van der Waals surface area contributed by atoms with Crippen molar-refractivity contribution in [2.75, 3.05) is 11.4 Å². The van der Waals surface area contributed by atoms with Gasteiger partial charge in [-0.2, -0.15) is 4.98 Å². The predicted molar refractivity (Wildman–Crippen MR) is 83.8 cm³/mol. The van der Waals surface area contributed by atoms with Gasteiger partial charge in [-0.25, -0.2) is 0 Å². The van der Waals surface area contributed by atoms with Gasteiger partial charge in [0.05, 0.1) is 5.92 Å². The van der Waals surface area contributed by atoms with E-state index in [2.05, 4.69) is 30.1 Å². The summed E-state index contributed by atoms with van der Waals surface area (Å²) < 4.78 is 5.35. The van der Waals surface area contributed by atoms with Gasteiger partial charge in [0.2, 0.25) is 11.8 Å². The highest BCUT2D eigenvalue weighted by molar-refractivity contribution is 5.97. The van der Waals surface area contributed by atoms with Crippen molar-refractivity contribution in [3.05, 3.63) is 41.5 Å². The van der Waals surface area contributed by atoms with Gasteiger partial charge in [-0.1, -0.05) is 37.2 Å². The zero-order valence-electron chi connectivity index (χ0n) is 13.1. The SMILES string of the molecule is CCCc1noc(C2CC(=O)N(c3ccccc3CC)C2)n1. The molecule has 22 heavy (non-hydrogen) atoms. The highest BCUT2D eigenvalue weighted by Gasteiger charge is 2.35. The summed E-state index contributed by atoms with van der Waals surface area (Å²) in [5.74, 6) is 1.45. The molecule has 116 valence electrons. The topological polar surface area (TPSA) is 59.2 Å².